The van der Waals surface area contributed by atoms with E-state index >= 15 is 0 Å². The first kappa shape index (κ1) is 24.1. The summed E-state index contributed by atoms with van der Waals surface area (Å²) in [5, 5.41) is 0. The van der Waals surface area contributed by atoms with Crippen LogP contribution in [0.4, 0.5) is 0 Å². The van der Waals surface area contributed by atoms with Crippen molar-refractivity contribution in [3.63, 3.8) is 0 Å². The molecular formula is C22H35NO5. The minimum atomic E-state index is -0.665. The number of rotatable bonds is 9. The Bertz CT molecular complexity index is 633. The zero-order valence-electron chi connectivity index (χ0n) is 17.9. The Kier molecular flexibility index (Phi) is 9.59. The summed E-state index contributed by atoms with van der Waals surface area (Å²) in [6.45, 7) is 9.52. The number of carbonyl (C=O) groups excluding carboxylic acids is 3. The maximum atomic E-state index is 12.2. The molecule has 2 N–H and O–H groups in total. The minimum absolute atomic E-state index is 0.0255. The molecule has 0 bridgehead atoms. The lowest BCUT2D eigenvalue weighted by Crippen LogP contribution is -2.43. The second kappa shape index (κ2) is 11.1. The van der Waals surface area contributed by atoms with Crippen LogP contribution >= 0.6 is 0 Å². The summed E-state index contributed by atoms with van der Waals surface area (Å²) in [6, 6.07) is 0. The van der Waals surface area contributed by atoms with Crippen LogP contribution in [0.2, 0.25) is 0 Å². The average molecular weight is 394 g/mol. The number of esters is 1. The predicted octanol–water partition coefficient (Wildman–Crippen LogP) is 3.63. The monoisotopic (exact) mass is 393 g/mol. The number of allylic oxidation sites excluding steroid dienone is 2. The number of ketones is 1. The molecule has 158 valence electrons. The van der Waals surface area contributed by atoms with E-state index in [0.717, 1.165) is 24.0 Å². The highest BCUT2D eigenvalue weighted by molar-refractivity contribution is 5.86. The smallest absolute Gasteiger partial charge is 0.303 e. The van der Waals surface area contributed by atoms with E-state index in [9.17, 15) is 14.4 Å². The van der Waals surface area contributed by atoms with E-state index in [2.05, 4.69) is 0 Å². The third-order valence-corrected chi connectivity index (χ3v) is 5.22. The van der Waals surface area contributed by atoms with Gasteiger partial charge in [0.1, 0.15) is 17.5 Å². The summed E-state index contributed by atoms with van der Waals surface area (Å²) < 4.78 is 11.6. The van der Waals surface area contributed by atoms with E-state index in [4.69, 9.17) is 15.2 Å². The molecule has 0 spiro atoms. The van der Waals surface area contributed by atoms with Crippen LogP contribution in [0, 0.1) is 5.92 Å². The molecule has 1 saturated heterocycles. The van der Waals surface area contributed by atoms with Crippen molar-refractivity contribution in [1.82, 2.24) is 0 Å². The van der Waals surface area contributed by atoms with Gasteiger partial charge < -0.3 is 15.2 Å². The summed E-state index contributed by atoms with van der Waals surface area (Å²) in [7, 11) is 0. The number of Topliss-reactive ketones (excluding diaryl/α,β-unsaturated/α-hetero) is 1. The molecule has 3 atom stereocenters. The fourth-order valence-corrected chi connectivity index (χ4v) is 3.40. The average Bonchev–Trinajstić information content (AvgIpc) is 2.72. The molecule has 6 nitrogen and oxygen atoms in total. The molecule has 0 aromatic carbocycles. The standard InChI is InChI=1S/C22H35NO5/c1-15(2)8-10-19(25)16(3)7-6-12-22(5)20(28-17(4)24)11-9-18(14-27-22)13-21(23)26/h8,13,16,20H,6-7,9-12,14H2,1-5H3,(H2,23,26)/b18-13+/t16?,20-,22+/m1/s1. The van der Waals surface area contributed by atoms with E-state index < -0.39 is 17.6 Å². The number of hydrogen-bond acceptors (Lipinski definition) is 5. The minimum Gasteiger partial charge on any atom is -0.459 e. The molecule has 1 rings (SSSR count). The Morgan fingerprint density at radius 2 is 2.00 bits per heavy atom. The van der Waals surface area contributed by atoms with Gasteiger partial charge in [0.15, 0.2) is 0 Å². The van der Waals surface area contributed by atoms with Crippen molar-refractivity contribution < 1.29 is 23.9 Å². The van der Waals surface area contributed by atoms with Crippen molar-refractivity contribution in [1.29, 1.82) is 0 Å². The zero-order chi connectivity index (χ0) is 21.3. The van der Waals surface area contributed by atoms with E-state index in [0.29, 0.717) is 25.7 Å². The Labute approximate surface area is 168 Å². The number of primary amides is 1. The van der Waals surface area contributed by atoms with Gasteiger partial charge in [-0.15, -0.1) is 0 Å². The molecule has 6 heteroatoms. The molecule has 0 radical (unpaired) electrons. The van der Waals surface area contributed by atoms with Gasteiger partial charge in [-0.1, -0.05) is 18.6 Å². The topological polar surface area (TPSA) is 95.7 Å². The Hall–Kier alpha value is -1.95. The Balaban J connectivity index is 2.74. The molecule has 1 unspecified atom stereocenters. The number of carbonyl (C=O) groups is 3. The molecule has 1 amide bonds. The second-order valence-corrected chi connectivity index (χ2v) is 8.19. The number of ether oxygens (including phenoxy) is 2. The van der Waals surface area contributed by atoms with Gasteiger partial charge >= 0.3 is 5.97 Å². The fourth-order valence-electron chi connectivity index (χ4n) is 3.40. The molecule has 1 fully saturated rings. The summed E-state index contributed by atoms with van der Waals surface area (Å²) >= 11 is 0. The molecule has 1 aliphatic heterocycles. The van der Waals surface area contributed by atoms with Gasteiger partial charge in [0.25, 0.3) is 0 Å². The highest BCUT2D eigenvalue weighted by Crippen LogP contribution is 2.34. The summed E-state index contributed by atoms with van der Waals surface area (Å²) in [4.78, 5) is 35.0. The van der Waals surface area contributed by atoms with Gasteiger partial charge in [0, 0.05) is 25.3 Å². The predicted molar refractivity (Wildman–Crippen MR) is 108 cm³/mol. The van der Waals surface area contributed by atoms with Crippen molar-refractivity contribution in [3.05, 3.63) is 23.3 Å². The first-order valence-corrected chi connectivity index (χ1v) is 9.99. The molecule has 1 aliphatic rings. The van der Waals surface area contributed by atoms with Crippen molar-refractivity contribution in [2.24, 2.45) is 11.7 Å². The van der Waals surface area contributed by atoms with Gasteiger partial charge in [0.05, 0.1) is 6.61 Å². The van der Waals surface area contributed by atoms with E-state index in [-0.39, 0.29) is 24.3 Å². The first-order chi connectivity index (χ1) is 13.0. The zero-order valence-corrected chi connectivity index (χ0v) is 17.9. The van der Waals surface area contributed by atoms with Crippen LogP contribution in [0.3, 0.4) is 0 Å². The van der Waals surface area contributed by atoms with Crippen molar-refractivity contribution in [3.8, 4) is 0 Å². The van der Waals surface area contributed by atoms with Crippen LogP contribution in [0.25, 0.3) is 0 Å². The lowest BCUT2D eigenvalue weighted by Gasteiger charge is -2.35. The molecule has 0 saturated carbocycles. The molecule has 0 aromatic heterocycles. The fraction of sp³-hybridized carbons (Fsp3) is 0.682. The summed E-state index contributed by atoms with van der Waals surface area (Å²) in [5.74, 6) is -0.652. The van der Waals surface area contributed by atoms with Crippen molar-refractivity contribution in [2.45, 2.75) is 84.8 Å². The van der Waals surface area contributed by atoms with Gasteiger partial charge in [0.2, 0.25) is 5.91 Å². The summed E-state index contributed by atoms with van der Waals surface area (Å²) in [6.07, 6.45) is 6.77. The maximum Gasteiger partial charge on any atom is 0.303 e. The van der Waals surface area contributed by atoms with Gasteiger partial charge in [-0.3, -0.25) is 14.4 Å². The Morgan fingerprint density at radius 1 is 1.32 bits per heavy atom. The second-order valence-electron chi connectivity index (χ2n) is 8.19. The van der Waals surface area contributed by atoms with E-state index in [1.165, 1.54) is 13.0 Å². The third kappa shape index (κ3) is 8.38. The lowest BCUT2D eigenvalue weighted by molar-refractivity contribution is -0.167. The molecule has 1 heterocycles. The first-order valence-electron chi connectivity index (χ1n) is 9.99. The summed E-state index contributed by atoms with van der Waals surface area (Å²) in [5.41, 5.74) is 6.53. The molecule has 28 heavy (non-hydrogen) atoms. The molecular weight excluding hydrogens is 358 g/mol. The van der Waals surface area contributed by atoms with Crippen LogP contribution in [-0.2, 0) is 23.9 Å². The SMILES string of the molecule is CC(=O)O[C@@H]1CC/C(=C\C(N)=O)CO[C@@]1(C)CCCC(C)C(=O)CC=C(C)C. The van der Waals surface area contributed by atoms with E-state index in [1.54, 1.807) is 0 Å². The number of hydrogen-bond donors (Lipinski definition) is 1. The number of nitrogens with two attached hydrogens (primary N) is 1. The largest absolute Gasteiger partial charge is 0.459 e. The van der Waals surface area contributed by atoms with Crippen molar-refractivity contribution in [2.75, 3.05) is 6.61 Å². The van der Waals surface area contributed by atoms with Gasteiger partial charge in [-0.2, -0.15) is 0 Å². The highest BCUT2D eigenvalue weighted by atomic mass is 16.6. The highest BCUT2D eigenvalue weighted by Gasteiger charge is 2.39. The normalized spacial score (nSPS) is 24.9. The van der Waals surface area contributed by atoms with Crippen molar-refractivity contribution >= 4 is 17.7 Å². The molecule has 0 aromatic rings. The maximum absolute atomic E-state index is 12.2. The Morgan fingerprint density at radius 3 is 2.57 bits per heavy atom. The lowest BCUT2D eigenvalue weighted by atomic mass is 9.87. The van der Waals surface area contributed by atoms with E-state index in [1.807, 2.05) is 33.8 Å². The van der Waals surface area contributed by atoms with Crippen LogP contribution < -0.4 is 5.73 Å². The molecule has 0 aliphatic carbocycles. The number of amides is 1. The van der Waals surface area contributed by atoms with Crippen LogP contribution in [0.5, 0.6) is 0 Å². The van der Waals surface area contributed by atoms with Crippen LogP contribution in [0.15, 0.2) is 23.3 Å². The van der Waals surface area contributed by atoms with Gasteiger partial charge in [-0.25, -0.2) is 0 Å². The van der Waals surface area contributed by atoms with Gasteiger partial charge in [-0.05, 0) is 58.4 Å². The quantitative estimate of drug-likeness (QED) is 0.367. The third-order valence-electron chi connectivity index (χ3n) is 5.22. The van der Waals surface area contributed by atoms with Crippen LogP contribution in [-0.4, -0.2) is 36.0 Å². The van der Waals surface area contributed by atoms with Crippen LogP contribution in [0.1, 0.15) is 73.1 Å².